The van der Waals surface area contributed by atoms with E-state index < -0.39 is 142 Å². The molecule has 0 bridgehead atoms. The highest BCUT2D eigenvalue weighted by Crippen LogP contribution is 2.42. The lowest BCUT2D eigenvalue weighted by atomic mass is 10.0. The summed E-state index contributed by atoms with van der Waals surface area (Å²) in [6.07, 6.45) is 0. The lowest BCUT2D eigenvalue weighted by Gasteiger charge is -2.26. The molecule has 0 saturated heterocycles. The molecule has 0 aliphatic heterocycles. The first-order valence-electron chi connectivity index (χ1n) is 26.3. The first-order valence-corrected chi connectivity index (χ1v) is 17.3. The van der Waals surface area contributed by atoms with Gasteiger partial charge in [-0.05, 0) is 77.1 Å². The summed E-state index contributed by atoms with van der Waals surface area (Å²) in [5, 5.41) is 0.754. The van der Waals surface area contributed by atoms with Gasteiger partial charge in [-0.3, -0.25) is 0 Å². The number of rotatable bonds is 6. The largest absolute Gasteiger partial charge is 0.455 e. The van der Waals surface area contributed by atoms with Crippen molar-refractivity contribution in [1.29, 1.82) is 0 Å². The Kier molecular flexibility index (Phi) is 4.17. The molecule has 0 N–H and O–H groups in total. The predicted octanol–water partition coefficient (Wildman–Crippen LogP) is 14.6. The molecule has 3 nitrogen and oxygen atoms in total. The van der Waals surface area contributed by atoms with E-state index in [4.69, 9.17) is 23.6 Å². The van der Waals surface area contributed by atoms with Gasteiger partial charge < -0.3 is 13.9 Å². The summed E-state index contributed by atoms with van der Waals surface area (Å²) in [6, 6.07) is 17.3. The minimum Gasteiger partial charge on any atom is -0.455 e. The van der Waals surface area contributed by atoms with Gasteiger partial charge in [0.1, 0.15) is 11.2 Å². The third-order valence-electron chi connectivity index (χ3n) is 9.69. The average molecular weight is 721 g/mol. The Bertz CT molecular complexity index is 4150. The zero-order valence-corrected chi connectivity index (χ0v) is 28.5. The van der Waals surface area contributed by atoms with Crippen molar-refractivity contribution in [3.05, 3.63) is 206 Å². The SMILES string of the molecule is [2H]c1c([2H])c([2H])c(N(c2ccc(-c3ccccc3-n3c4ccccc4c4ccccc43)cc2)c2c([2H])c([2H])c(-c3c([2H])c([2H])c([2H])c4c3oc3c5c([2H])c([2H])c([2H])c([2H])c5c([2H])c([2H])c34)c([2H])c2[2H])c([2H])c1[2H]. The van der Waals surface area contributed by atoms with E-state index in [9.17, 15) is 5.48 Å². The van der Waals surface area contributed by atoms with Gasteiger partial charge in [-0.25, -0.2) is 0 Å². The van der Waals surface area contributed by atoms with Crippen LogP contribution in [0.5, 0.6) is 0 Å². The van der Waals surface area contributed by atoms with Crippen molar-refractivity contribution in [3.8, 4) is 27.9 Å². The number of aromatic nitrogens is 1. The fourth-order valence-electron chi connectivity index (χ4n) is 7.27. The number of fused-ring (bicyclic) bond motifs is 8. The Morgan fingerprint density at radius 2 is 1.04 bits per heavy atom. The van der Waals surface area contributed by atoms with E-state index >= 15 is 0 Å². The lowest BCUT2D eigenvalue weighted by molar-refractivity contribution is 0.674. The number of hydrogen-bond donors (Lipinski definition) is 0. The molecule has 3 heteroatoms. The topological polar surface area (TPSA) is 21.3 Å². The molecule has 0 saturated carbocycles. The molecule has 55 heavy (non-hydrogen) atoms. The highest BCUT2D eigenvalue weighted by atomic mass is 16.3. The van der Waals surface area contributed by atoms with Crippen LogP contribution in [0.25, 0.3) is 82.5 Å². The molecule has 0 radical (unpaired) electrons. The van der Waals surface area contributed by atoms with Gasteiger partial charge in [0.25, 0.3) is 0 Å². The van der Waals surface area contributed by atoms with Gasteiger partial charge in [-0.2, -0.15) is 0 Å². The molecule has 258 valence electrons. The van der Waals surface area contributed by atoms with Crippen LogP contribution in [0.3, 0.4) is 0 Å². The zero-order chi connectivity index (χ0) is 52.0. The van der Waals surface area contributed by atoms with Crippen molar-refractivity contribution in [2.75, 3.05) is 4.90 Å². The Morgan fingerprint density at radius 1 is 0.400 bits per heavy atom. The fraction of sp³-hybridized carbons (Fsp3) is 0. The number of para-hydroxylation sites is 5. The molecule has 0 aliphatic carbocycles. The standard InChI is InChI=1S/C52H34N2O/c1-2-14-38(15-3-1)53(40-32-27-37(28-33-40)43-20-12-21-46-47-34-29-35-13-4-5-17-42(35)52(47)55-51(43)46)39-30-25-36(26-31-39)41-16-6-9-22-48(41)54-49-23-10-7-18-44(49)45-19-8-11-24-50(45)54/h1-34H/i1D,2D,3D,4D,5D,12D,13D,14D,15D,17D,20D,21D,27D,28D,29D,32D,33D,34D. The normalized spacial score (nSPS) is 16.2. The second-order valence-corrected chi connectivity index (χ2v) is 12.7. The van der Waals surface area contributed by atoms with Crippen LogP contribution >= 0.6 is 0 Å². The molecular formula is C52H34N2O. The molecule has 0 spiro atoms. The summed E-state index contributed by atoms with van der Waals surface area (Å²) in [5.74, 6) is 0. The third kappa shape index (κ3) is 5.05. The van der Waals surface area contributed by atoms with Crippen LogP contribution < -0.4 is 4.90 Å². The predicted molar refractivity (Wildman–Crippen MR) is 231 cm³/mol. The van der Waals surface area contributed by atoms with Gasteiger partial charge >= 0.3 is 0 Å². The van der Waals surface area contributed by atoms with E-state index in [1.165, 1.54) is 0 Å². The van der Waals surface area contributed by atoms with Crippen LogP contribution in [0.4, 0.5) is 17.1 Å². The molecule has 11 rings (SSSR count). The monoisotopic (exact) mass is 720 g/mol. The van der Waals surface area contributed by atoms with Crippen LogP contribution in [-0.4, -0.2) is 4.57 Å². The Labute approximate surface area is 343 Å². The van der Waals surface area contributed by atoms with E-state index in [2.05, 4.69) is 16.7 Å². The highest BCUT2D eigenvalue weighted by molar-refractivity contribution is 6.17. The molecule has 0 fully saturated rings. The Balaban J connectivity index is 1.15. The lowest BCUT2D eigenvalue weighted by Crippen LogP contribution is -2.09. The van der Waals surface area contributed by atoms with Gasteiger partial charge in [0.2, 0.25) is 0 Å². The van der Waals surface area contributed by atoms with E-state index in [0.717, 1.165) is 38.0 Å². The number of nitrogens with zero attached hydrogens (tertiary/aromatic N) is 2. The highest BCUT2D eigenvalue weighted by Gasteiger charge is 2.18. The van der Waals surface area contributed by atoms with E-state index in [0.29, 0.717) is 5.56 Å². The van der Waals surface area contributed by atoms with Crippen LogP contribution in [0.15, 0.2) is 210 Å². The smallest absolute Gasteiger partial charge is 0.143 e. The molecule has 0 aliphatic rings. The van der Waals surface area contributed by atoms with Crippen LogP contribution in [0, 0.1) is 0 Å². The van der Waals surface area contributed by atoms with Crippen molar-refractivity contribution < 1.29 is 29.1 Å². The van der Waals surface area contributed by atoms with Gasteiger partial charge in [0, 0.05) is 55.1 Å². The second kappa shape index (κ2) is 12.6. The second-order valence-electron chi connectivity index (χ2n) is 12.7. The van der Waals surface area contributed by atoms with Gasteiger partial charge in [-0.1, -0.05) is 145 Å². The summed E-state index contributed by atoms with van der Waals surface area (Å²) < 4.78 is 169. The zero-order valence-electron chi connectivity index (χ0n) is 46.5. The minimum atomic E-state index is -0.837. The minimum absolute atomic E-state index is 0.0728. The Hall–Kier alpha value is -7.36. The molecule has 0 amide bonds. The quantitative estimate of drug-likeness (QED) is 0.171. The summed E-state index contributed by atoms with van der Waals surface area (Å²) in [7, 11) is 0. The Morgan fingerprint density at radius 3 is 1.82 bits per heavy atom. The number of anilines is 3. The number of hydrogen-bond acceptors (Lipinski definition) is 2. The molecule has 0 atom stereocenters. The van der Waals surface area contributed by atoms with Gasteiger partial charge in [0.15, 0.2) is 0 Å². The van der Waals surface area contributed by atoms with Crippen LogP contribution in [-0.2, 0) is 0 Å². The van der Waals surface area contributed by atoms with E-state index in [1.807, 2.05) is 60.7 Å². The maximum atomic E-state index is 9.60. The third-order valence-corrected chi connectivity index (χ3v) is 9.69. The van der Waals surface area contributed by atoms with Crippen molar-refractivity contribution in [2.45, 2.75) is 0 Å². The maximum absolute atomic E-state index is 9.60. The molecule has 2 aromatic heterocycles. The maximum Gasteiger partial charge on any atom is 0.143 e. The van der Waals surface area contributed by atoms with Crippen molar-refractivity contribution >= 4 is 71.6 Å². The summed E-state index contributed by atoms with van der Waals surface area (Å²) in [5.41, 5.74) is 1.25. The molecule has 0 unspecified atom stereocenters. The van der Waals surface area contributed by atoms with Crippen LogP contribution in [0.2, 0.25) is 0 Å². The van der Waals surface area contributed by atoms with Crippen molar-refractivity contribution in [2.24, 2.45) is 0 Å². The number of benzene rings is 9. The van der Waals surface area contributed by atoms with E-state index in [-0.39, 0.29) is 27.2 Å². The first kappa shape index (κ1) is 18.1. The van der Waals surface area contributed by atoms with Gasteiger partial charge in [0.05, 0.1) is 41.4 Å². The first-order chi connectivity index (χ1) is 34.8. The summed E-state index contributed by atoms with van der Waals surface area (Å²) >= 11 is 0. The molecule has 2 heterocycles. The van der Waals surface area contributed by atoms with Crippen molar-refractivity contribution in [1.82, 2.24) is 4.57 Å². The fourth-order valence-corrected chi connectivity index (χ4v) is 7.27. The summed E-state index contributed by atoms with van der Waals surface area (Å²) in [6.45, 7) is 0. The van der Waals surface area contributed by atoms with E-state index in [1.54, 1.807) is 24.3 Å². The summed E-state index contributed by atoms with van der Waals surface area (Å²) in [4.78, 5) is 1.05. The molecular weight excluding hydrogens is 669 g/mol. The molecule has 11 aromatic rings. The molecule has 9 aromatic carbocycles. The van der Waals surface area contributed by atoms with Crippen LogP contribution in [0.1, 0.15) is 24.7 Å². The van der Waals surface area contributed by atoms with Crippen molar-refractivity contribution in [3.63, 3.8) is 0 Å². The van der Waals surface area contributed by atoms with Gasteiger partial charge in [-0.15, -0.1) is 0 Å². The number of furan rings is 1. The average Bonchev–Trinajstić information content (AvgIpc) is 3.96.